The van der Waals surface area contributed by atoms with E-state index in [1.807, 2.05) is 60.7 Å². The van der Waals surface area contributed by atoms with E-state index in [0.29, 0.717) is 22.6 Å². The van der Waals surface area contributed by atoms with Crippen molar-refractivity contribution in [1.82, 2.24) is 0 Å². The summed E-state index contributed by atoms with van der Waals surface area (Å²) in [6, 6.07) is 25.1. The highest BCUT2D eigenvalue weighted by Gasteiger charge is 2.22. The molecule has 0 aliphatic carbocycles. The van der Waals surface area contributed by atoms with Crippen molar-refractivity contribution in [2.24, 2.45) is 4.99 Å². The van der Waals surface area contributed by atoms with E-state index in [1.54, 1.807) is 0 Å². The predicted octanol–water partition coefficient (Wildman–Crippen LogP) is 6.16. The highest BCUT2D eigenvalue weighted by molar-refractivity contribution is 5.91. The highest BCUT2D eigenvalue weighted by Crippen LogP contribution is 2.42. The van der Waals surface area contributed by atoms with E-state index in [9.17, 15) is 15.4 Å². The van der Waals surface area contributed by atoms with Crippen molar-refractivity contribution in [3.05, 3.63) is 100 Å². The minimum absolute atomic E-state index is 0.0147. The van der Waals surface area contributed by atoms with Crippen LogP contribution in [0.1, 0.15) is 11.1 Å². The molecule has 0 bridgehead atoms. The van der Waals surface area contributed by atoms with Crippen LogP contribution in [0.15, 0.2) is 88.3 Å². The van der Waals surface area contributed by atoms with Gasteiger partial charge in [-0.3, -0.25) is 10.1 Å². The summed E-state index contributed by atoms with van der Waals surface area (Å²) >= 11 is 0. The molecular formula is C27H17N3O4. The Balaban J connectivity index is 1.86. The molecule has 34 heavy (non-hydrogen) atoms. The van der Waals surface area contributed by atoms with Crippen LogP contribution in [0.25, 0.3) is 22.5 Å². The molecule has 1 heterocycles. The summed E-state index contributed by atoms with van der Waals surface area (Å²) in [5.41, 5.74) is 2.64. The first kappa shape index (κ1) is 22.1. The van der Waals surface area contributed by atoms with Gasteiger partial charge in [-0.1, -0.05) is 66.6 Å². The lowest BCUT2D eigenvalue weighted by Gasteiger charge is -2.05. The fraction of sp³-hybridized carbons (Fsp3) is 0.0370. The van der Waals surface area contributed by atoms with Gasteiger partial charge in [0.1, 0.15) is 29.7 Å². The third kappa shape index (κ3) is 4.55. The van der Waals surface area contributed by atoms with Gasteiger partial charge in [0.2, 0.25) is 5.88 Å². The third-order valence-electron chi connectivity index (χ3n) is 4.94. The second-order valence-electron chi connectivity index (χ2n) is 7.06. The first-order valence-corrected chi connectivity index (χ1v) is 10.2. The molecule has 0 spiro atoms. The number of nitrogens with zero attached hydrogens (tertiary/aromatic N) is 3. The van der Waals surface area contributed by atoms with Gasteiger partial charge in [0, 0.05) is 35.0 Å². The molecule has 3 aromatic carbocycles. The second kappa shape index (κ2) is 9.99. The molecule has 1 aromatic heterocycles. The Morgan fingerprint density at radius 2 is 1.74 bits per heavy atom. The number of benzene rings is 3. The molecule has 0 unspecified atom stereocenters. The number of rotatable bonds is 7. The van der Waals surface area contributed by atoms with Crippen molar-refractivity contribution in [2.45, 2.75) is 0 Å². The van der Waals surface area contributed by atoms with Crippen molar-refractivity contribution < 1.29 is 14.1 Å². The average molecular weight is 447 g/mol. The number of nitriles is 1. The number of hydrogen-bond acceptors (Lipinski definition) is 6. The SMILES string of the molecule is C#CCOc1ccc([N+](=O)[O-])cc1C=Nc1oc(-c2ccccc2)c(-c2ccccc2)c1C#N. The maximum Gasteiger partial charge on any atom is 0.270 e. The molecule has 0 fully saturated rings. The molecule has 0 aliphatic heterocycles. The predicted molar refractivity (Wildman–Crippen MR) is 129 cm³/mol. The monoisotopic (exact) mass is 447 g/mol. The van der Waals surface area contributed by atoms with Crippen LogP contribution >= 0.6 is 0 Å². The van der Waals surface area contributed by atoms with E-state index in [2.05, 4.69) is 17.0 Å². The van der Waals surface area contributed by atoms with Crippen LogP contribution in [0.2, 0.25) is 0 Å². The second-order valence-corrected chi connectivity index (χ2v) is 7.06. The Morgan fingerprint density at radius 1 is 1.06 bits per heavy atom. The molecule has 4 aromatic rings. The van der Waals surface area contributed by atoms with Crippen LogP contribution in [0.3, 0.4) is 0 Å². The van der Waals surface area contributed by atoms with Gasteiger partial charge >= 0.3 is 0 Å². The highest BCUT2D eigenvalue weighted by atomic mass is 16.6. The number of terminal acetylenes is 1. The van der Waals surface area contributed by atoms with E-state index < -0.39 is 4.92 Å². The molecule has 7 heteroatoms. The number of hydrogen-bond donors (Lipinski definition) is 0. The lowest BCUT2D eigenvalue weighted by Crippen LogP contribution is -1.99. The van der Waals surface area contributed by atoms with Crippen molar-refractivity contribution in [3.8, 4) is 46.6 Å². The summed E-state index contributed by atoms with van der Waals surface area (Å²) in [5, 5.41) is 21.2. The molecule has 0 amide bonds. The zero-order valence-electron chi connectivity index (χ0n) is 17.8. The minimum atomic E-state index is -0.517. The lowest BCUT2D eigenvalue weighted by molar-refractivity contribution is -0.384. The fourth-order valence-corrected chi connectivity index (χ4v) is 3.42. The zero-order chi connectivity index (χ0) is 23.9. The molecule has 164 valence electrons. The van der Waals surface area contributed by atoms with Gasteiger partial charge in [-0.05, 0) is 11.6 Å². The Morgan fingerprint density at radius 3 is 2.35 bits per heavy atom. The first-order chi connectivity index (χ1) is 16.6. The summed E-state index contributed by atoms with van der Waals surface area (Å²) in [6.07, 6.45) is 6.63. The minimum Gasteiger partial charge on any atom is -0.480 e. The van der Waals surface area contributed by atoms with Crippen LogP contribution < -0.4 is 4.74 Å². The van der Waals surface area contributed by atoms with Crippen LogP contribution in [0.4, 0.5) is 11.6 Å². The van der Waals surface area contributed by atoms with E-state index in [1.165, 1.54) is 24.4 Å². The van der Waals surface area contributed by atoms with Gasteiger partial charge in [0.05, 0.1) is 4.92 Å². The van der Waals surface area contributed by atoms with E-state index in [0.717, 1.165) is 11.1 Å². The van der Waals surface area contributed by atoms with Gasteiger partial charge in [0.15, 0.2) is 0 Å². The van der Waals surface area contributed by atoms with Gasteiger partial charge < -0.3 is 9.15 Å². The topological polar surface area (TPSA) is 102 Å². The third-order valence-corrected chi connectivity index (χ3v) is 4.94. The number of aliphatic imine (C=N–C) groups is 1. The summed E-state index contributed by atoms with van der Waals surface area (Å²) in [5.74, 6) is 3.26. The van der Waals surface area contributed by atoms with Crippen LogP contribution in [0, 0.1) is 33.8 Å². The van der Waals surface area contributed by atoms with Gasteiger partial charge in [-0.2, -0.15) is 5.26 Å². The number of ether oxygens (including phenoxy) is 1. The smallest absolute Gasteiger partial charge is 0.270 e. The standard InChI is InChI=1S/C27H17N3O4/c1-2-15-33-24-14-13-22(30(31)32)16-21(24)18-29-27-23(17-28)25(19-9-5-3-6-10-19)26(34-27)20-11-7-4-8-12-20/h1,3-14,16,18H,15H2. The van der Waals surface area contributed by atoms with E-state index in [-0.39, 0.29) is 23.7 Å². The van der Waals surface area contributed by atoms with Crippen molar-refractivity contribution >= 4 is 17.8 Å². The molecule has 4 rings (SSSR count). The Labute approximate surface area is 195 Å². The average Bonchev–Trinajstić information content (AvgIpc) is 3.26. The van der Waals surface area contributed by atoms with Crippen molar-refractivity contribution in [1.29, 1.82) is 5.26 Å². The summed E-state index contributed by atoms with van der Waals surface area (Å²) in [7, 11) is 0. The molecule has 0 N–H and O–H groups in total. The van der Waals surface area contributed by atoms with Crippen LogP contribution in [-0.4, -0.2) is 17.7 Å². The maximum atomic E-state index is 11.2. The van der Waals surface area contributed by atoms with E-state index >= 15 is 0 Å². The normalized spacial score (nSPS) is 10.5. The Bertz CT molecular complexity index is 1440. The van der Waals surface area contributed by atoms with Crippen molar-refractivity contribution in [3.63, 3.8) is 0 Å². The molecule has 0 saturated carbocycles. The maximum absolute atomic E-state index is 11.2. The molecule has 0 radical (unpaired) electrons. The van der Waals surface area contributed by atoms with Gasteiger partial charge in [-0.25, -0.2) is 4.99 Å². The molecule has 0 saturated heterocycles. The molecule has 7 nitrogen and oxygen atoms in total. The largest absolute Gasteiger partial charge is 0.480 e. The quantitative estimate of drug-likeness (QED) is 0.146. The Hall–Kier alpha value is -5.14. The number of nitro groups is 1. The Kier molecular flexibility index (Phi) is 6.48. The number of nitro benzene ring substituents is 1. The zero-order valence-corrected chi connectivity index (χ0v) is 17.8. The fourth-order valence-electron chi connectivity index (χ4n) is 3.42. The number of furan rings is 1. The van der Waals surface area contributed by atoms with E-state index in [4.69, 9.17) is 15.6 Å². The molecule has 0 aliphatic rings. The number of non-ortho nitro benzene ring substituents is 1. The van der Waals surface area contributed by atoms with Crippen LogP contribution in [-0.2, 0) is 0 Å². The molecule has 0 atom stereocenters. The van der Waals surface area contributed by atoms with Crippen molar-refractivity contribution in [2.75, 3.05) is 6.61 Å². The van der Waals surface area contributed by atoms with Crippen LogP contribution in [0.5, 0.6) is 5.75 Å². The van der Waals surface area contributed by atoms with Gasteiger partial charge in [-0.15, -0.1) is 6.42 Å². The van der Waals surface area contributed by atoms with Gasteiger partial charge in [0.25, 0.3) is 5.69 Å². The summed E-state index contributed by atoms with van der Waals surface area (Å²) in [4.78, 5) is 15.1. The summed E-state index contributed by atoms with van der Waals surface area (Å²) in [6.45, 7) is -0.0147. The molecular weight excluding hydrogens is 430 g/mol. The lowest BCUT2D eigenvalue weighted by atomic mass is 9.98. The summed E-state index contributed by atoms with van der Waals surface area (Å²) < 4.78 is 11.6. The first-order valence-electron chi connectivity index (χ1n) is 10.2.